The number of Topliss-reactive ketones (excluding diaryl/α,β-unsaturated/α-hetero) is 1. The fraction of sp³-hybridized carbons (Fsp3) is 0.310. The van der Waals surface area contributed by atoms with Gasteiger partial charge in [0, 0.05) is 22.5 Å². The lowest BCUT2D eigenvalue weighted by molar-refractivity contribution is 0.0988. The largest absolute Gasteiger partial charge is 0.493 e. The first-order valence-electron chi connectivity index (χ1n) is 12.6. The molecule has 12 heteroatoms. The Balaban J connectivity index is 1.58. The quantitative estimate of drug-likeness (QED) is 0.323. The van der Waals surface area contributed by atoms with E-state index >= 15 is 0 Å². The van der Waals surface area contributed by atoms with Crippen LogP contribution < -0.4 is 29.2 Å². The summed E-state index contributed by atoms with van der Waals surface area (Å²) in [5.41, 5.74) is 1.67. The van der Waals surface area contributed by atoms with E-state index in [4.69, 9.17) is 18.9 Å². The third-order valence-electron chi connectivity index (χ3n) is 6.82. The number of ether oxygens (including phenoxy) is 4. The van der Waals surface area contributed by atoms with Gasteiger partial charge in [-0.3, -0.25) is 9.59 Å². The van der Waals surface area contributed by atoms with E-state index in [0.717, 1.165) is 0 Å². The number of carbonyl (C=O) groups excluding carboxylic acids is 2. The number of aliphatic hydroxyl groups excluding tert-OH is 1. The van der Waals surface area contributed by atoms with Crippen LogP contribution in [-0.2, 0) is 9.84 Å². The SMILES string of the molecule is COc1ccc(C(=O)CN(c2ccc(NC(=O)c3ccc(OC)c(OC)c3)cc2)[C@@H]2CS(=O)(=O)C[C@@H]2O)cc1OC. The van der Waals surface area contributed by atoms with Gasteiger partial charge < -0.3 is 34.3 Å². The van der Waals surface area contributed by atoms with Crippen LogP contribution in [-0.4, -0.2) is 83.9 Å². The molecule has 1 heterocycles. The summed E-state index contributed by atoms with van der Waals surface area (Å²) in [6, 6.07) is 15.3. The number of benzene rings is 3. The van der Waals surface area contributed by atoms with Gasteiger partial charge in [0.1, 0.15) is 0 Å². The number of sulfone groups is 1. The molecule has 0 spiro atoms. The topological polar surface area (TPSA) is 141 Å². The highest BCUT2D eigenvalue weighted by Gasteiger charge is 2.41. The van der Waals surface area contributed by atoms with Crippen LogP contribution in [0.3, 0.4) is 0 Å². The predicted molar refractivity (Wildman–Crippen MR) is 154 cm³/mol. The maximum atomic E-state index is 13.3. The van der Waals surface area contributed by atoms with Crippen molar-refractivity contribution in [3.8, 4) is 23.0 Å². The molecule has 11 nitrogen and oxygen atoms in total. The van der Waals surface area contributed by atoms with Crippen LogP contribution in [0.4, 0.5) is 11.4 Å². The number of anilines is 2. The molecule has 0 radical (unpaired) electrons. The van der Waals surface area contributed by atoms with Crippen molar-refractivity contribution in [3.63, 3.8) is 0 Å². The highest BCUT2D eigenvalue weighted by Crippen LogP contribution is 2.31. The Hall–Kier alpha value is -4.29. The molecule has 0 aliphatic carbocycles. The highest BCUT2D eigenvalue weighted by atomic mass is 32.2. The van der Waals surface area contributed by atoms with Crippen molar-refractivity contribution in [2.45, 2.75) is 12.1 Å². The molecule has 1 saturated heterocycles. The minimum Gasteiger partial charge on any atom is -0.493 e. The lowest BCUT2D eigenvalue weighted by atomic mass is 10.1. The van der Waals surface area contributed by atoms with Crippen LogP contribution in [0, 0.1) is 0 Å². The minimum atomic E-state index is -3.50. The summed E-state index contributed by atoms with van der Waals surface area (Å²) in [7, 11) is 2.43. The summed E-state index contributed by atoms with van der Waals surface area (Å²) in [6.07, 6.45) is -1.18. The molecule has 1 amide bonds. The van der Waals surface area contributed by atoms with E-state index in [0.29, 0.717) is 45.5 Å². The monoisotopic (exact) mass is 584 g/mol. The average molecular weight is 585 g/mol. The first-order valence-corrected chi connectivity index (χ1v) is 14.4. The van der Waals surface area contributed by atoms with Crippen LogP contribution >= 0.6 is 0 Å². The van der Waals surface area contributed by atoms with Gasteiger partial charge in [0.2, 0.25) is 0 Å². The van der Waals surface area contributed by atoms with E-state index in [-0.39, 0.29) is 24.0 Å². The maximum absolute atomic E-state index is 13.3. The lowest BCUT2D eigenvalue weighted by Gasteiger charge is -2.32. The van der Waals surface area contributed by atoms with Crippen LogP contribution in [0.15, 0.2) is 60.7 Å². The Bertz CT molecular complexity index is 1520. The van der Waals surface area contributed by atoms with Gasteiger partial charge in [0.05, 0.1) is 58.6 Å². The number of hydrogen-bond donors (Lipinski definition) is 2. The zero-order chi connectivity index (χ0) is 29.7. The number of ketones is 1. The average Bonchev–Trinajstić information content (AvgIpc) is 3.26. The van der Waals surface area contributed by atoms with Crippen molar-refractivity contribution in [2.75, 3.05) is 56.7 Å². The lowest BCUT2D eigenvalue weighted by Crippen LogP contribution is -2.46. The van der Waals surface area contributed by atoms with Gasteiger partial charge in [-0.05, 0) is 60.7 Å². The molecule has 1 aliphatic rings. The Morgan fingerprint density at radius 2 is 1.34 bits per heavy atom. The number of rotatable bonds is 11. The van der Waals surface area contributed by atoms with Gasteiger partial charge in [-0.2, -0.15) is 0 Å². The molecule has 218 valence electrons. The van der Waals surface area contributed by atoms with Crippen molar-refractivity contribution in [3.05, 3.63) is 71.8 Å². The number of hydrogen-bond acceptors (Lipinski definition) is 10. The fourth-order valence-corrected chi connectivity index (χ4v) is 6.48. The maximum Gasteiger partial charge on any atom is 0.255 e. The summed E-state index contributed by atoms with van der Waals surface area (Å²) >= 11 is 0. The Morgan fingerprint density at radius 3 is 1.85 bits per heavy atom. The normalized spacial score (nSPS) is 17.4. The molecule has 0 aromatic heterocycles. The number of carbonyl (C=O) groups is 2. The molecular weight excluding hydrogens is 552 g/mol. The molecule has 4 rings (SSSR count). The van der Waals surface area contributed by atoms with Gasteiger partial charge in [0.15, 0.2) is 38.6 Å². The summed E-state index contributed by atoms with van der Waals surface area (Å²) in [5, 5.41) is 13.4. The second-order valence-corrected chi connectivity index (χ2v) is 11.6. The first-order chi connectivity index (χ1) is 19.6. The number of methoxy groups -OCH3 is 4. The van der Waals surface area contributed by atoms with Crippen molar-refractivity contribution in [1.29, 1.82) is 0 Å². The Kier molecular flexibility index (Phi) is 9.04. The van der Waals surface area contributed by atoms with Gasteiger partial charge in [-0.25, -0.2) is 8.42 Å². The third kappa shape index (κ3) is 6.72. The molecule has 0 unspecified atom stereocenters. The smallest absolute Gasteiger partial charge is 0.255 e. The molecule has 3 aromatic carbocycles. The van der Waals surface area contributed by atoms with Crippen molar-refractivity contribution >= 4 is 32.9 Å². The van der Waals surface area contributed by atoms with Gasteiger partial charge in [-0.15, -0.1) is 0 Å². The molecular formula is C29H32N2O9S. The summed E-state index contributed by atoms with van der Waals surface area (Å²) in [4.78, 5) is 27.8. The number of amides is 1. The van der Waals surface area contributed by atoms with E-state index in [1.165, 1.54) is 28.4 Å². The molecule has 0 bridgehead atoms. The van der Waals surface area contributed by atoms with E-state index in [2.05, 4.69) is 5.32 Å². The van der Waals surface area contributed by atoms with Crippen molar-refractivity contribution < 1.29 is 42.1 Å². The van der Waals surface area contributed by atoms with E-state index in [1.807, 2.05) is 0 Å². The van der Waals surface area contributed by atoms with Crippen LogP contribution in [0.25, 0.3) is 0 Å². The molecule has 1 aliphatic heterocycles. The molecule has 2 atom stereocenters. The summed E-state index contributed by atoms with van der Waals surface area (Å²) in [6.45, 7) is -0.204. The van der Waals surface area contributed by atoms with Crippen molar-refractivity contribution in [1.82, 2.24) is 0 Å². The van der Waals surface area contributed by atoms with Gasteiger partial charge in [0.25, 0.3) is 5.91 Å². The zero-order valence-corrected chi connectivity index (χ0v) is 23.9. The molecule has 1 fully saturated rings. The van der Waals surface area contributed by atoms with E-state index < -0.39 is 27.7 Å². The summed E-state index contributed by atoms with van der Waals surface area (Å²) in [5.74, 6) is 0.364. The van der Waals surface area contributed by atoms with Crippen molar-refractivity contribution in [2.24, 2.45) is 0 Å². The molecule has 3 aromatic rings. The van der Waals surface area contributed by atoms with Gasteiger partial charge in [-0.1, -0.05) is 0 Å². The Morgan fingerprint density at radius 1 is 0.805 bits per heavy atom. The number of nitrogens with zero attached hydrogens (tertiary/aromatic N) is 1. The van der Waals surface area contributed by atoms with E-state index in [1.54, 1.807) is 65.6 Å². The first kappa shape index (κ1) is 29.7. The third-order valence-corrected chi connectivity index (χ3v) is 8.51. The molecule has 41 heavy (non-hydrogen) atoms. The predicted octanol–water partition coefficient (Wildman–Crippen LogP) is 2.82. The van der Waals surface area contributed by atoms with Crippen LogP contribution in [0.5, 0.6) is 23.0 Å². The van der Waals surface area contributed by atoms with Crippen LogP contribution in [0.2, 0.25) is 0 Å². The zero-order valence-electron chi connectivity index (χ0n) is 23.1. The van der Waals surface area contributed by atoms with E-state index in [9.17, 15) is 23.1 Å². The number of aliphatic hydroxyl groups is 1. The fourth-order valence-electron chi connectivity index (χ4n) is 4.68. The molecule has 0 saturated carbocycles. The molecule has 2 N–H and O–H groups in total. The second-order valence-electron chi connectivity index (χ2n) is 9.40. The summed E-state index contributed by atoms with van der Waals surface area (Å²) < 4.78 is 45.7. The second kappa shape index (κ2) is 12.5. The number of nitrogens with one attached hydrogen (secondary N) is 1. The Labute approximate surface area is 238 Å². The minimum absolute atomic E-state index is 0.204. The van der Waals surface area contributed by atoms with Gasteiger partial charge >= 0.3 is 0 Å². The standard InChI is InChI=1S/C29H32N2O9S/c1-37-25-11-5-18(13-27(25)39-3)23(32)15-31(22-16-41(35,36)17-24(22)33)21-9-7-20(8-10-21)30-29(34)19-6-12-26(38-2)28(14-19)40-4/h5-14,22,24,33H,15-17H2,1-4H3,(H,30,34)/t22-,24+/m1/s1. The highest BCUT2D eigenvalue weighted by molar-refractivity contribution is 7.91. The van der Waals surface area contributed by atoms with Crippen LogP contribution in [0.1, 0.15) is 20.7 Å².